The normalized spacial score (nSPS) is 11.4. The van der Waals surface area contributed by atoms with E-state index in [0.29, 0.717) is 94.2 Å². The van der Waals surface area contributed by atoms with Gasteiger partial charge in [0.1, 0.15) is 93.0 Å². The molecule has 0 aliphatic rings. The number of carboxylic acid groups (broad SMARTS) is 1. The van der Waals surface area contributed by atoms with Crippen LogP contribution in [0.15, 0.2) is 258 Å². The standard InChI is InChI=1S/C27H18ClF2N3O3.C26H16ClF2N3O3.C20H15BrF2N2O3.C13H13BrN2O2.C7H5BClNO2.C7H3ClF2O/c1-31-16-9-11-18(20(28)14-16)19-10-8-15(17-5-4-12-32-25(17)19)13-23(27(35)36-2)33-26(34)24-21(29)6-3-7-22(24)30;1-30-15-8-10-17(19(27)13-15)18-9-7-14(16-4-3-11-31-24(16)18)12-22(26(34)35)32-25(33)23-20(28)5-2-6-21(23)29;1-28-20(27)16(25-19(26)17-14(22)5-2-6-15(17)23)10-11-7-8-13(21)18-12(11)4-3-9-24-18;1-18-13(17)11(15)7-8-4-5-10(14)12-9(8)3-2-6-16-12;1-10-5-2-3-6(8(11)12)7(9)4-5;8-7(11)6-4(9)2-1-3-5(6)10/h3-12,14,23H,13H2,2H3,(H,33,34);2-11,13,22H,12H2,(H,32,33)(H,34,35);2-9,16H,10H2,1H3,(H,25,26);2-6,11H,7,15H2,1H3;2-4,11-12H;1-3H/t23-;22-;16-;11-;;/m0000../s1. The highest BCUT2D eigenvalue weighted by atomic mass is 79.9. The number of carbonyl (C=O) groups is 8. The van der Waals surface area contributed by atoms with Crippen LogP contribution < -0.4 is 27.1 Å². The number of ether oxygens (including phenoxy) is 3. The number of carboxylic acids is 1. The van der Waals surface area contributed by atoms with Crippen molar-refractivity contribution in [2.45, 2.75) is 49.9 Å². The van der Waals surface area contributed by atoms with Gasteiger partial charge in [-0.15, -0.1) is 0 Å². The summed E-state index contributed by atoms with van der Waals surface area (Å²) >= 11 is 30.2. The van der Waals surface area contributed by atoms with Gasteiger partial charge in [0.2, 0.25) is 0 Å². The molecule has 15 aromatic rings. The van der Waals surface area contributed by atoms with Gasteiger partial charge in [-0.25, -0.2) is 64.0 Å². The molecule has 4 aromatic heterocycles. The van der Waals surface area contributed by atoms with Gasteiger partial charge in [-0.3, -0.25) is 43.9 Å². The number of methoxy groups -OCH3 is 3. The third-order valence-corrected chi connectivity index (χ3v) is 23.0. The van der Waals surface area contributed by atoms with E-state index in [4.69, 9.17) is 91.4 Å². The van der Waals surface area contributed by atoms with Crippen LogP contribution in [0.5, 0.6) is 0 Å². The van der Waals surface area contributed by atoms with Crippen molar-refractivity contribution in [3.63, 3.8) is 0 Å². The molecule has 8 N–H and O–H groups in total. The Balaban J connectivity index is 0.000000181. The van der Waals surface area contributed by atoms with E-state index in [1.165, 1.54) is 32.4 Å². The Bertz CT molecular complexity index is 7340. The first-order valence-electron chi connectivity index (χ1n) is 40.7. The van der Waals surface area contributed by atoms with E-state index in [9.17, 15) is 78.6 Å². The monoisotopic (exact) mass is 2110 g/mol. The minimum absolute atomic E-state index is 0.0264. The van der Waals surface area contributed by atoms with Gasteiger partial charge in [0.05, 0.1) is 63.1 Å². The molecule has 0 saturated carbocycles. The van der Waals surface area contributed by atoms with Crippen molar-refractivity contribution in [2.75, 3.05) is 21.3 Å². The number of aromatic nitrogens is 4. The largest absolute Gasteiger partial charge is 0.489 e. The summed E-state index contributed by atoms with van der Waals surface area (Å²) in [5.41, 5.74) is 12.4. The molecule has 0 spiro atoms. The quantitative estimate of drug-likeness (QED) is 0.00827. The van der Waals surface area contributed by atoms with Crippen LogP contribution in [0.25, 0.3) is 80.4 Å². The summed E-state index contributed by atoms with van der Waals surface area (Å²) in [5.74, 6) is -14.7. The molecule has 140 heavy (non-hydrogen) atoms. The van der Waals surface area contributed by atoms with E-state index >= 15 is 0 Å². The number of halogens is 14. The Labute approximate surface area is 829 Å². The summed E-state index contributed by atoms with van der Waals surface area (Å²) in [4.78, 5) is 123. The van der Waals surface area contributed by atoms with E-state index in [1.807, 2.05) is 30.3 Å². The lowest BCUT2D eigenvalue weighted by molar-refractivity contribution is -0.143. The second-order valence-electron chi connectivity index (χ2n) is 29.4. The third-order valence-electron chi connectivity index (χ3n) is 20.6. The van der Waals surface area contributed by atoms with E-state index < -0.39 is 147 Å². The molecule has 0 radical (unpaired) electrons. The number of nitrogens with two attached hydrogens (primary N) is 1. The van der Waals surface area contributed by atoms with Crippen molar-refractivity contribution in [1.29, 1.82) is 0 Å². The molecule has 15 rings (SSSR count). The Hall–Kier alpha value is -15.0. The lowest BCUT2D eigenvalue weighted by Gasteiger charge is -2.19. The predicted octanol–water partition coefficient (Wildman–Crippen LogP) is 20.5. The SMILES string of the molecule is COC(=O)[C@@H](N)Cc1ccc(Br)c2ncccc12.COC(=O)[C@H](Cc1ccc(Br)c2ncccc12)NC(=O)c1c(F)cccc1F.O=C(Cl)c1c(F)cccc1F.[C-]#[N+]c1ccc(-c2ccc(C[C@H](NC(=O)c3c(F)cccc3F)C(=O)O)c3cccnc23)c(Cl)c1.[C-]#[N+]c1ccc(-c2ccc(C[C@H](NC(=O)c3c(F)cccc3F)C(=O)OC)c3cccnc23)c(Cl)c1.[C-]#[N+]c1ccc(B(O)O)c(Cl)c1. The summed E-state index contributed by atoms with van der Waals surface area (Å²) < 4.78 is 125. The molecule has 0 unspecified atom stereocenters. The van der Waals surface area contributed by atoms with E-state index in [0.717, 1.165) is 116 Å². The van der Waals surface area contributed by atoms with Gasteiger partial charge < -0.3 is 51.0 Å². The van der Waals surface area contributed by atoms with Crippen molar-refractivity contribution in [3.8, 4) is 22.3 Å². The van der Waals surface area contributed by atoms with E-state index in [1.54, 1.807) is 128 Å². The second-order valence-corrected chi connectivity index (χ2v) is 32.6. The molecular weight excluding hydrogens is 2040 g/mol. The molecule has 4 heterocycles. The Kier molecular flexibility index (Phi) is 38.5. The topological polar surface area (TPSA) is 352 Å². The summed E-state index contributed by atoms with van der Waals surface area (Å²) in [6.45, 7) is 21.0. The van der Waals surface area contributed by atoms with E-state index in [-0.39, 0.29) is 29.7 Å². The summed E-state index contributed by atoms with van der Waals surface area (Å²) in [5, 5.41) is 37.1. The van der Waals surface area contributed by atoms with Crippen LogP contribution >= 0.6 is 78.3 Å². The zero-order valence-electron chi connectivity index (χ0n) is 72.7. The molecular formula is C100H70BBr2Cl4F8N11O14. The molecule has 4 atom stereocenters. The Morgan fingerprint density at radius 3 is 0.971 bits per heavy atom. The first-order valence-corrected chi connectivity index (χ1v) is 43.8. The van der Waals surface area contributed by atoms with Gasteiger partial charge in [-0.2, -0.15) is 0 Å². The fraction of sp³-hybridized carbons (Fsp3) is 0.110. The molecule has 0 saturated heterocycles. The van der Waals surface area contributed by atoms with Crippen LogP contribution in [0, 0.1) is 66.3 Å². The average Bonchev–Trinajstić information content (AvgIpc) is 0.768. The third kappa shape index (κ3) is 27.1. The number of carbonyl (C=O) groups excluding carboxylic acids is 7. The van der Waals surface area contributed by atoms with Crippen molar-refractivity contribution < 1.29 is 103 Å². The van der Waals surface area contributed by atoms with Crippen LogP contribution in [0.2, 0.25) is 15.1 Å². The number of nitrogens with zero attached hydrogens (tertiary/aromatic N) is 7. The minimum atomic E-state index is -1.59. The molecule has 0 bridgehead atoms. The van der Waals surface area contributed by atoms with Gasteiger partial charge in [0.15, 0.2) is 17.1 Å². The van der Waals surface area contributed by atoms with Crippen LogP contribution in [-0.4, -0.2) is 135 Å². The maximum Gasteiger partial charge on any atom is 0.489 e. The number of fused-ring (bicyclic) bond motifs is 4. The number of pyridine rings is 4. The second kappa shape index (κ2) is 50.4. The number of amides is 3. The fourth-order valence-corrected chi connectivity index (χ4v) is 15.8. The molecule has 0 fully saturated rings. The number of nitrogens with one attached hydrogen (secondary N) is 3. The maximum absolute atomic E-state index is 14.1. The van der Waals surface area contributed by atoms with Gasteiger partial charge in [0, 0.05) is 101 Å². The lowest BCUT2D eigenvalue weighted by Crippen LogP contribution is -2.43. The number of benzene rings is 11. The maximum atomic E-state index is 14.1. The van der Waals surface area contributed by atoms with Crippen LogP contribution in [0.4, 0.5) is 52.2 Å². The fourth-order valence-electron chi connectivity index (χ4n) is 13.9. The van der Waals surface area contributed by atoms with Crippen molar-refractivity contribution in [2.24, 2.45) is 5.73 Å². The number of hydrogen-bond acceptors (Lipinski definition) is 18. The summed E-state index contributed by atoms with van der Waals surface area (Å²) in [6, 6.07) is 50.6. The van der Waals surface area contributed by atoms with Crippen molar-refractivity contribution >= 4 is 198 Å². The van der Waals surface area contributed by atoms with Gasteiger partial charge >= 0.3 is 31.0 Å². The summed E-state index contributed by atoms with van der Waals surface area (Å²) in [7, 11) is 2.08. The average molecular weight is 2110 g/mol. The molecule has 0 aliphatic carbocycles. The van der Waals surface area contributed by atoms with E-state index in [2.05, 4.69) is 87.0 Å². The minimum Gasteiger partial charge on any atom is -0.480 e. The molecule has 3 amide bonds. The highest BCUT2D eigenvalue weighted by Gasteiger charge is 2.32. The molecule has 40 heteroatoms. The van der Waals surface area contributed by atoms with Crippen molar-refractivity contribution in [3.05, 3.63) is 399 Å². The number of esters is 3. The molecule has 0 aliphatic heterocycles. The number of hydrogen-bond donors (Lipinski definition) is 7. The van der Waals surface area contributed by atoms with Gasteiger partial charge in [0.25, 0.3) is 23.0 Å². The van der Waals surface area contributed by atoms with Gasteiger partial charge in [-0.1, -0.05) is 156 Å². The smallest absolute Gasteiger partial charge is 0.480 e. The Morgan fingerprint density at radius 1 is 0.386 bits per heavy atom. The van der Waals surface area contributed by atoms with Crippen molar-refractivity contribution in [1.82, 2.24) is 35.9 Å². The highest BCUT2D eigenvalue weighted by molar-refractivity contribution is 9.11. The van der Waals surface area contributed by atoms with Gasteiger partial charge in [-0.05, 0) is 192 Å². The van der Waals surface area contributed by atoms with Crippen LogP contribution in [0.1, 0.15) is 63.7 Å². The zero-order chi connectivity index (χ0) is 102. The Morgan fingerprint density at radius 2 is 0.671 bits per heavy atom. The van der Waals surface area contributed by atoms with Crippen LogP contribution in [0.3, 0.4) is 0 Å². The molecule has 11 aromatic carbocycles. The summed E-state index contributed by atoms with van der Waals surface area (Å²) in [6.07, 6.45) is 6.86. The highest BCUT2D eigenvalue weighted by Crippen LogP contribution is 2.40. The van der Waals surface area contributed by atoms with Crippen LogP contribution in [-0.2, 0) is 59.1 Å². The molecule has 25 nitrogen and oxygen atoms in total. The zero-order valence-corrected chi connectivity index (χ0v) is 78.9. The number of aliphatic carboxylic acids is 1. The predicted molar refractivity (Wildman–Crippen MR) is 519 cm³/mol. The first-order chi connectivity index (χ1) is 66.9. The lowest BCUT2D eigenvalue weighted by atomic mass is 9.80. The first kappa shape index (κ1) is 107. The number of rotatable bonds is 22. The molecule has 710 valence electrons.